The maximum atomic E-state index is 13.5. The summed E-state index contributed by atoms with van der Waals surface area (Å²) in [5, 5.41) is 20.7. The van der Waals surface area contributed by atoms with Crippen LogP contribution in [0.5, 0.6) is 5.75 Å². The Morgan fingerprint density at radius 2 is 1.53 bits per heavy atom. The largest absolute Gasteiger partial charge is 0.507 e. The van der Waals surface area contributed by atoms with E-state index in [1.54, 1.807) is 11.1 Å². The summed E-state index contributed by atoms with van der Waals surface area (Å²) in [6, 6.07) is 22.6. The number of carbonyl (C=O) groups is 3. The van der Waals surface area contributed by atoms with Crippen LogP contribution < -0.4 is 0 Å². The Kier molecular flexibility index (Phi) is 9.39. The molecule has 0 bridgehead atoms. The van der Waals surface area contributed by atoms with Crippen LogP contribution >= 0.6 is 11.8 Å². The summed E-state index contributed by atoms with van der Waals surface area (Å²) in [5.74, 6) is -1.85. The molecule has 0 saturated carbocycles. The first-order valence-electron chi connectivity index (χ1n) is 15.3. The third-order valence-corrected chi connectivity index (χ3v) is 10.6. The number of aliphatic carboxylic acids is 1. The average Bonchev–Trinajstić information content (AvgIpc) is 3.01. The number of phenolic OH excluding ortho intramolecular Hbond substituents is 1. The number of thioether (sulfide) groups is 1. The molecule has 45 heavy (non-hydrogen) atoms. The Bertz CT molecular complexity index is 1520. The first-order chi connectivity index (χ1) is 21.4. The van der Waals surface area contributed by atoms with Crippen LogP contribution in [0.4, 0.5) is 0 Å². The lowest BCUT2D eigenvalue weighted by Crippen LogP contribution is -2.72. The highest BCUT2D eigenvalue weighted by molar-refractivity contribution is 8.00. The molecule has 5 rings (SSSR count). The predicted molar refractivity (Wildman–Crippen MR) is 176 cm³/mol. The van der Waals surface area contributed by atoms with E-state index in [0.717, 1.165) is 27.8 Å². The predicted octanol–water partition coefficient (Wildman–Crippen LogP) is 6.18. The van der Waals surface area contributed by atoms with Gasteiger partial charge in [-0.25, -0.2) is 0 Å². The van der Waals surface area contributed by atoms with Gasteiger partial charge in [0.25, 0.3) is 5.91 Å². The van der Waals surface area contributed by atoms with Gasteiger partial charge in [-0.3, -0.25) is 19.4 Å². The second kappa shape index (κ2) is 13.1. The molecule has 4 atom stereocenters. The zero-order valence-electron chi connectivity index (χ0n) is 26.2. The van der Waals surface area contributed by atoms with Gasteiger partial charge in [0.05, 0.1) is 0 Å². The molecule has 0 aromatic heterocycles. The summed E-state index contributed by atoms with van der Waals surface area (Å²) >= 11 is 1.41. The summed E-state index contributed by atoms with van der Waals surface area (Å²) in [7, 11) is 0. The number of rotatable bonds is 10. The maximum Gasteiger partial charge on any atom is 0.316 e. The van der Waals surface area contributed by atoms with Gasteiger partial charge in [-0.15, -0.1) is 11.8 Å². The molecule has 2 heterocycles. The fraction of sp³-hybridized carbons (Fsp3) is 0.389. The fourth-order valence-corrected chi connectivity index (χ4v) is 8.26. The van der Waals surface area contributed by atoms with E-state index in [1.807, 2.05) is 100 Å². The Morgan fingerprint density at radius 3 is 2.00 bits per heavy atom. The van der Waals surface area contributed by atoms with E-state index < -0.39 is 34.0 Å². The van der Waals surface area contributed by atoms with Gasteiger partial charge in [-0.05, 0) is 51.8 Å². The van der Waals surface area contributed by atoms with Gasteiger partial charge < -0.3 is 19.8 Å². The highest BCUT2D eigenvalue weighted by atomic mass is 32.2. The molecule has 2 fully saturated rings. The highest BCUT2D eigenvalue weighted by Gasteiger charge is 2.63. The van der Waals surface area contributed by atoms with Crippen molar-refractivity contribution in [2.45, 2.75) is 69.0 Å². The molecule has 2 saturated heterocycles. The van der Waals surface area contributed by atoms with Crippen molar-refractivity contribution in [3.63, 3.8) is 0 Å². The molecule has 3 aromatic rings. The molecule has 3 unspecified atom stereocenters. The van der Waals surface area contributed by atoms with E-state index in [9.17, 15) is 24.6 Å². The van der Waals surface area contributed by atoms with Gasteiger partial charge in [0.15, 0.2) is 6.04 Å². The Hall–Kier alpha value is -4.11. The van der Waals surface area contributed by atoms with Gasteiger partial charge in [0.2, 0.25) is 0 Å². The standard InChI is InChI=1S/C36H40N2O6S/c1-21(2)27-16-24(17-28(22(3)4)31(27)40)18-37-30-33(41)38-19-36(35(42)43,20-44-23(5)39)32(45-34(30)38)29(25-12-8-6-9-13-25)26-14-10-7-11-15-26/h6-18,21-22,29-30,32,34,40H,19-20H2,1-5H3,(H,42,43)/t30?,32?,34-,36?/m1/s1. The van der Waals surface area contributed by atoms with Crippen molar-refractivity contribution in [1.82, 2.24) is 4.90 Å². The lowest BCUT2D eigenvalue weighted by Gasteiger charge is -2.56. The van der Waals surface area contributed by atoms with Gasteiger partial charge in [0, 0.05) is 30.9 Å². The van der Waals surface area contributed by atoms with Crippen LogP contribution in [-0.4, -0.2) is 69.0 Å². The smallest absolute Gasteiger partial charge is 0.316 e. The molecule has 2 N–H and O–H groups in total. The zero-order valence-corrected chi connectivity index (χ0v) is 27.0. The van der Waals surface area contributed by atoms with Crippen molar-refractivity contribution in [1.29, 1.82) is 0 Å². The summed E-state index contributed by atoms with van der Waals surface area (Å²) in [4.78, 5) is 45.1. The van der Waals surface area contributed by atoms with Gasteiger partial charge in [-0.2, -0.15) is 0 Å². The second-order valence-corrected chi connectivity index (χ2v) is 13.8. The average molecular weight is 629 g/mol. The van der Waals surface area contributed by atoms with Gasteiger partial charge in [-0.1, -0.05) is 88.4 Å². The first kappa shape index (κ1) is 32.3. The van der Waals surface area contributed by atoms with E-state index in [1.165, 1.54) is 18.7 Å². The molecule has 8 nitrogen and oxygen atoms in total. The minimum Gasteiger partial charge on any atom is -0.507 e. The molecule has 2 aliphatic rings. The summed E-state index contributed by atoms with van der Waals surface area (Å²) < 4.78 is 5.42. The van der Waals surface area contributed by atoms with Crippen LogP contribution in [0.1, 0.15) is 80.2 Å². The number of aromatic hydroxyl groups is 1. The summed E-state index contributed by atoms with van der Waals surface area (Å²) in [6.45, 7) is 8.87. The summed E-state index contributed by atoms with van der Waals surface area (Å²) in [5.41, 5.74) is 2.73. The number of hydrogen-bond donors (Lipinski definition) is 2. The van der Waals surface area contributed by atoms with Gasteiger partial charge in [0.1, 0.15) is 23.1 Å². The Morgan fingerprint density at radius 1 is 1.00 bits per heavy atom. The molecular formula is C36H40N2O6S. The highest BCUT2D eigenvalue weighted by Crippen LogP contribution is 2.54. The van der Waals surface area contributed by atoms with Crippen molar-refractivity contribution in [2.75, 3.05) is 13.2 Å². The molecule has 236 valence electrons. The van der Waals surface area contributed by atoms with E-state index in [0.29, 0.717) is 5.75 Å². The SMILES string of the molecule is CC(=O)OCC1(C(=O)O)CN2C(=O)C(N=Cc3cc(C(C)C)c(O)c(C(C)C)c3)[C@H]2SC1C(c1ccccc1)c1ccccc1. The zero-order chi connectivity index (χ0) is 32.5. The molecule has 3 aromatic carbocycles. The minimum atomic E-state index is -1.57. The van der Waals surface area contributed by atoms with Crippen molar-refractivity contribution in [3.8, 4) is 5.75 Å². The van der Waals surface area contributed by atoms with Crippen LogP contribution in [0.15, 0.2) is 77.8 Å². The number of carboxylic acid groups (broad SMARTS) is 1. The lowest BCUT2D eigenvalue weighted by atomic mass is 9.73. The maximum absolute atomic E-state index is 13.5. The quantitative estimate of drug-likeness (QED) is 0.157. The third-order valence-electron chi connectivity index (χ3n) is 8.80. The van der Waals surface area contributed by atoms with Crippen molar-refractivity contribution in [2.24, 2.45) is 10.4 Å². The third kappa shape index (κ3) is 6.23. The molecular weight excluding hydrogens is 588 g/mol. The van der Waals surface area contributed by atoms with Crippen LogP contribution in [0, 0.1) is 5.41 Å². The van der Waals surface area contributed by atoms with Crippen LogP contribution in [0.2, 0.25) is 0 Å². The van der Waals surface area contributed by atoms with Gasteiger partial charge >= 0.3 is 11.9 Å². The number of esters is 1. The minimum absolute atomic E-state index is 0.0978. The number of hydrogen-bond acceptors (Lipinski definition) is 7. The Labute approximate surface area is 268 Å². The van der Waals surface area contributed by atoms with Crippen molar-refractivity contribution < 1.29 is 29.3 Å². The monoisotopic (exact) mass is 628 g/mol. The molecule has 0 radical (unpaired) electrons. The van der Waals surface area contributed by atoms with E-state index in [2.05, 4.69) is 0 Å². The molecule has 2 aliphatic heterocycles. The number of phenols is 1. The molecule has 0 spiro atoms. The van der Waals surface area contributed by atoms with Crippen LogP contribution in [0.3, 0.4) is 0 Å². The summed E-state index contributed by atoms with van der Waals surface area (Å²) in [6.07, 6.45) is 1.69. The van der Waals surface area contributed by atoms with Crippen LogP contribution in [-0.2, 0) is 19.1 Å². The van der Waals surface area contributed by atoms with Crippen LogP contribution in [0.25, 0.3) is 0 Å². The normalized spacial score (nSPS) is 23.0. The number of benzene rings is 3. The van der Waals surface area contributed by atoms with Crippen molar-refractivity contribution >= 4 is 35.8 Å². The first-order valence-corrected chi connectivity index (χ1v) is 16.2. The van der Waals surface area contributed by atoms with E-state index in [-0.39, 0.29) is 36.8 Å². The second-order valence-electron chi connectivity index (χ2n) is 12.5. The van der Waals surface area contributed by atoms with E-state index in [4.69, 9.17) is 9.73 Å². The number of carbonyl (C=O) groups excluding carboxylic acids is 2. The number of aliphatic imine (C=N–C) groups is 1. The molecule has 0 aliphatic carbocycles. The van der Waals surface area contributed by atoms with Crippen molar-refractivity contribution in [3.05, 3.63) is 101 Å². The Balaban J connectivity index is 1.56. The van der Waals surface area contributed by atoms with E-state index >= 15 is 0 Å². The molecule has 9 heteroatoms. The number of amides is 1. The number of fused-ring (bicyclic) bond motifs is 1. The fourth-order valence-electron chi connectivity index (χ4n) is 6.33. The number of nitrogens with zero attached hydrogens (tertiary/aromatic N) is 2. The lowest BCUT2D eigenvalue weighted by molar-refractivity contribution is -0.165. The number of carboxylic acids is 1. The number of β-lactam (4-membered cyclic amide) rings is 1. The number of ether oxygens (including phenoxy) is 1. The topological polar surface area (TPSA) is 116 Å². The molecule has 1 amide bonds.